The Balaban J connectivity index is 3.35. The highest BCUT2D eigenvalue weighted by molar-refractivity contribution is 5.66. The first-order chi connectivity index (χ1) is 15.6. The third-order valence-electron chi connectivity index (χ3n) is 6.60. The molecule has 32 heavy (non-hydrogen) atoms. The van der Waals surface area contributed by atoms with Gasteiger partial charge in [0.1, 0.15) is 0 Å². The molecule has 3 heteroatoms. The summed E-state index contributed by atoms with van der Waals surface area (Å²) in [7, 11) is 0. The Labute approximate surface area is 200 Å². The minimum absolute atomic E-state index is 0.133. The third kappa shape index (κ3) is 25.4. The summed E-state index contributed by atoms with van der Waals surface area (Å²) in [6.45, 7) is 4.64. The molecule has 2 atom stereocenters. The summed E-state index contributed by atoms with van der Waals surface area (Å²) in [6, 6.07) is 0. The molecule has 0 bridgehead atoms. The Morgan fingerprint density at radius 3 is 1.75 bits per heavy atom. The number of carboxylic acid groups (broad SMARTS) is 1. The molecule has 0 amide bonds. The number of carbonyl (C=O) groups is 1. The van der Waals surface area contributed by atoms with Crippen molar-refractivity contribution < 1.29 is 15.0 Å². The first-order valence-electron chi connectivity index (χ1n) is 14.1. The molecule has 0 radical (unpaired) electrons. The van der Waals surface area contributed by atoms with Crippen molar-refractivity contribution in [3.63, 3.8) is 0 Å². The number of aliphatic hydroxyl groups excluding tert-OH is 1. The molecule has 2 N–H and O–H groups in total. The summed E-state index contributed by atoms with van der Waals surface area (Å²) in [4.78, 5) is 10.4. The van der Waals surface area contributed by atoms with Crippen molar-refractivity contribution in [1.82, 2.24) is 0 Å². The molecule has 3 nitrogen and oxygen atoms in total. The van der Waals surface area contributed by atoms with Gasteiger partial charge in [0.15, 0.2) is 0 Å². The average Bonchev–Trinajstić information content (AvgIpc) is 2.76. The zero-order valence-corrected chi connectivity index (χ0v) is 21.7. The van der Waals surface area contributed by atoms with Crippen LogP contribution in [-0.2, 0) is 4.79 Å². The van der Waals surface area contributed by atoms with Crippen LogP contribution in [0.3, 0.4) is 0 Å². The molecular formula is C29H56O3. The van der Waals surface area contributed by atoms with Crippen LogP contribution in [0.4, 0.5) is 0 Å². The average molecular weight is 453 g/mol. The molecule has 0 fully saturated rings. The molecule has 0 aliphatic carbocycles. The molecular weight excluding hydrogens is 396 g/mol. The van der Waals surface area contributed by atoms with Crippen LogP contribution in [0, 0.1) is 5.92 Å². The van der Waals surface area contributed by atoms with E-state index in [2.05, 4.69) is 26.0 Å². The molecule has 0 aromatic heterocycles. The van der Waals surface area contributed by atoms with Gasteiger partial charge in [-0.3, -0.25) is 4.79 Å². The van der Waals surface area contributed by atoms with Gasteiger partial charge in [-0.25, -0.2) is 0 Å². The molecule has 0 aromatic carbocycles. The lowest BCUT2D eigenvalue weighted by molar-refractivity contribution is -0.137. The third-order valence-corrected chi connectivity index (χ3v) is 6.60. The predicted octanol–water partition coefficient (Wildman–Crippen LogP) is 9.23. The zero-order valence-electron chi connectivity index (χ0n) is 21.7. The molecule has 0 aromatic rings. The monoisotopic (exact) mass is 452 g/mol. The highest BCUT2D eigenvalue weighted by Crippen LogP contribution is 2.16. The van der Waals surface area contributed by atoms with Gasteiger partial charge < -0.3 is 10.2 Å². The van der Waals surface area contributed by atoms with Gasteiger partial charge in [0.25, 0.3) is 0 Å². The van der Waals surface area contributed by atoms with Crippen molar-refractivity contribution in [1.29, 1.82) is 0 Å². The van der Waals surface area contributed by atoms with Crippen LogP contribution < -0.4 is 0 Å². The Morgan fingerprint density at radius 1 is 0.688 bits per heavy atom. The molecule has 0 rings (SSSR count). The van der Waals surface area contributed by atoms with Gasteiger partial charge in [-0.15, -0.1) is 0 Å². The Morgan fingerprint density at radius 2 is 1.19 bits per heavy atom. The summed E-state index contributed by atoms with van der Waals surface area (Å²) < 4.78 is 0. The molecule has 0 aliphatic rings. The fourth-order valence-electron chi connectivity index (χ4n) is 4.34. The summed E-state index contributed by atoms with van der Waals surface area (Å²) in [5, 5.41) is 18.8. The first-order valence-corrected chi connectivity index (χ1v) is 14.1. The van der Waals surface area contributed by atoms with Crippen molar-refractivity contribution in [3.05, 3.63) is 12.2 Å². The number of hydrogen-bond acceptors (Lipinski definition) is 2. The number of aliphatic carboxylic acids is 1. The minimum atomic E-state index is -0.671. The van der Waals surface area contributed by atoms with E-state index in [-0.39, 0.29) is 6.10 Å². The number of aliphatic hydroxyl groups is 1. The second-order valence-corrected chi connectivity index (χ2v) is 10.1. The highest BCUT2D eigenvalue weighted by Gasteiger charge is 2.03. The molecule has 190 valence electrons. The van der Waals surface area contributed by atoms with E-state index in [0.29, 0.717) is 6.42 Å². The predicted molar refractivity (Wildman–Crippen MR) is 139 cm³/mol. The SMILES string of the molecule is CCCCCCCC[C@@H](C)C/C=C/CC[C@@H](O)CCCCCCCCCCCCC(=O)O. The van der Waals surface area contributed by atoms with Gasteiger partial charge in [0, 0.05) is 6.42 Å². The minimum Gasteiger partial charge on any atom is -0.481 e. The summed E-state index contributed by atoms with van der Waals surface area (Å²) in [5.74, 6) is 0.120. The molecule has 0 unspecified atom stereocenters. The highest BCUT2D eigenvalue weighted by atomic mass is 16.4. The van der Waals surface area contributed by atoms with Gasteiger partial charge in [0.2, 0.25) is 0 Å². The van der Waals surface area contributed by atoms with Crippen LogP contribution in [-0.4, -0.2) is 22.3 Å². The maximum Gasteiger partial charge on any atom is 0.303 e. The fraction of sp³-hybridized carbons (Fsp3) is 0.897. The second kappa shape index (κ2) is 24.8. The quantitative estimate of drug-likeness (QED) is 0.107. The Hall–Kier alpha value is -0.830. The van der Waals surface area contributed by atoms with Gasteiger partial charge in [-0.2, -0.15) is 0 Å². The number of unbranched alkanes of at least 4 members (excludes halogenated alkanes) is 14. The summed E-state index contributed by atoms with van der Waals surface area (Å²) in [5.41, 5.74) is 0. The molecule has 0 saturated heterocycles. The number of hydrogen-bond donors (Lipinski definition) is 2. The van der Waals surface area contributed by atoms with Crippen LogP contribution in [0.25, 0.3) is 0 Å². The van der Waals surface area contributed by atoms with E-state index in [1.807, 2.05) is 0 Å². The maximum atomic E-state index is 10.4. The normalized spacial score (nSPS) is 13.6. The van der Waals surface area contributed by atoms with Crippen LogP contribution in [0.2, 0.25) is 0 Å². The van der Waals surface area contributed by atoms with Gasteiger partial charge in [-0.05, 0) is 38.0 Å². The van der Waals surface area contributed by atoms with Crippen molar-refractivity contribution >= 4 is 5.97 Å². The smallest absolute Gasteiger partial charge is 0.303 e. The van der Waals surface area contributed by atoms with Crippen LogP contribution in [0.15, 0.2) is 12.2 Å². The molecule has 0 heterocycles. The fourth-order valence-corrected chi connectivity index (χ4v) is 4.34. The lowest BCUT2D eigenvalue weighted by atomic mass is 9.98. The van der Waals surface area contributed by atoms with Gasteiger partial charge in [-0.1, -0.05) is 129 Å². The van der Waals surface area contributed by atoms with E-state index in [1.54, 1.807) is 0 Å². The zero-order chi connectivity index (χ0) is 23.7. The summed E-state index contributed by atoms with van der Waals surface area (Å²) >= 11 is 0. The van der Waals surface area contributed by atoms with E-state index >= 15 is 0 Å². The number of allylic oxidation sites excluding steroid dienone is 2. The van der Waals surface area contributed by atoms with Crippen LogP contribution >= 0.6 is 0 Å². The number of carboxylic acids is 1. The molecule has 0 aliphatic heterocycles. The lowest BCUT2D eigenvalue weighted by Crippen LogP contribution is -2.05. The van der Waals surface area contributed by atoms with Crippen LogP contribution in [0.5, 0.6) is 0 Å². The largest absolute Gasteiger partial charge is 0.481 e. The van der Waals surface area contributed by atoms with Crippen molar-refractivity contribution in [2.45, 2.75) is 161 Å². The first kappa shape index (κ1) is 31.2. The van der Waals surface area contributed by atoms with E-state index in [9.17, 15) is 9.90 Å². The second-order valence-electron chi connectivity index (χ2n) is 10.1. The lowest BCUT2D eigenvalue weighted by Gasteiger charge is -2.10. The van der Waals surface area contributed by atoms with Crippen molar-refractivity contribution in [2.24, 2.45) is 5.92 Å². The Bertz CT molecular complexity index is 419. The Kier molecular flexibility index (Phi) is 24.2. The van der Waals surface area contributed by atoms with Crippen molar-refractivity contribution in [3.8, 4) is 0 Å². The van der Waals surface area contributed by atoms with Crippen molar-refractivity contribution in [2.75, 3.05) is 0 Å². The molecule has 0 saturated carbocycles. The van der Waals surface area contributed by atoms with E-state index in [0.717, 1.165) is 44.4 Å². The van der Waals surface area contributed by atoms with E-state index < -0.39 is 5.97 Å². The van der Waals surface area contributed by atoms with Crippen LogP contribution in [0.1, 0.15) is 155 Å². The molecule has 0 spiro atoms. The van der Waals surface area contributed by atoms with Gasteiger partial charge in [0.05, 0.1) is 6.10 Å². The van der Waals surface area contributed by atoms with E-state index in [4.69, 9.17) is 5.11 Å². The van der Waals surface area contributed by atoms with E-state index in [1.165, 1.54) is 96.3 Å². The summed E-state index contributed by atoms with van der Waals surface area (Å²) in [6.07, 6.45) is 30.4. The maximum absolute atomic E-state index is 10.4. The topological polar surface area (TPSA) is 57.5 Å². The standard InChI is InChI=1S/C29H56O3/c1-3-4-5-6-13-17-22-27(2)23-18-16-20-25-28(30)24-19-14-11-9-7-8-10-12-15-21-26-29(31)32/h16,18,27-28,30H,3-15,17,19-26H2,1-2H3,(H,31,32)/b18-16+/t27-,28+/m1/s1. The number of rotatable bonds is 25. The van der Waals surface area contributed by atoms with Gasteiger partial charge >= 0.3 is 5.97 Å².